The van der Waals surface area contributed by atoms with Crippen molar-refractivity contribution < 1.29 is 14.1 Å². The number of hydrogen-bond acceptors (Lipinski definition) is 5. The Morgan fingerprint density at radius 2 is 2.20 bits per heavy atom. The number of rotatable bonds is 5. The van der Waals surface area contributed by atoms with Crippen LogP contribution < -0.4 is 4.74 Å². The summed E-state index contributed by atoms with van der Waals surface area (Å²) >= 11 is 6.05. The van der Waals surface area contributed by atoms with E-state index in [1.54, 1.807) is 18.2 Å². The highest BCUT2D eigenvalue weighted by Gasteiger charge is 2.11. The molecule has 0 aliphatic heterocycles. The van der Waals surface area contributed by atoms with Gasteiger partial charge in [-0.1, -0.05) is 30.6 Å². The number of hydrogen-bond donors (Lipinski definition) is 0. The number of ketones is 1. The van der Waals surface area contributed by atoms with Crippen molar-refractivity contribution in [3.8, 4) is 5.75 Å². The standard InChI is InChI=1S/C14H15ClN2O3/c1-8(2)14-16-13(20-17-14)7-19-12-5-4-10(9(3)18)6-11(12)15/h4-6,8H,7H2,1-3H3. The SMILES string of the molecule is CC(=O)c1ccc(OCc2nc(C(C)C)no2)c(Cl)c1. The first-order valence-electron chi connectivity index (χ1n) is 6.23. The summed E-state index contributed by atoms with van der Waals surface area (Å²) in [6.45, 7) is 5.58. The van der Waals surface area contributed by atoms with Crippen molar-refractivity contribution in [1.29, 1.82) is 0 Å². The summed E-state index contributed by atoms with van der Waals surface area (Å²) in [6.07, 6.45) is 0. The third-order valence-corrected chi connectivity index (χ3v) is 2.99. The van der Waals surface area contributed by atoms with Crippen molar-refractivity contribution >= 4 is 17.4 Å². The molecule has 1 aromatic carbocycles. The van der Waals surface area contributed by atoms with E-state index in [9.17, 15) is 4.79 Å². The fraction of sp³-hybridized carbons (Fsp3) is 0.357. The minimum absolute atomic E-state index is 0.0445. The first kappa shape index (κ1) is 14.5. The lowest BCUT2D eigenvalue weighted by Crippen LogP contribution is -1.99. The molecule has 0 bridgehead atoms. The van der Waals surface area contributed by atoms with Gasteiger partial charge in [0.05, 0.1) is 5.02 Å². The molecule has 0 aliphatic rings. The fourth-order valence-corrected chi connectivity index (χ4v) is 1.77. The Balaban J connectivity index is 2.05. The molecule has 0 fully saturated rings. The third-order valence-electron chi connectivity index (χ3n) is 2.69. The van der Waals surface area contributed by atoms with Gasteiger partial charge in [-0.3, -0.25) is 4.79 Å². The number of Topliss-reactive ketones (excluding diaryl/α,β-unsaturated/α-hetero) is 1. The average molecular weight is 295 g/mol. The molecule has 0 saturated heterocycles. The fourth-order valence-electron chi connectivity index (χ4n) is 1.54. The maximum Gasteiger partial charge on any atom is 0.264 e. The van der Waals surface area contributed by atoms with E-state index in [-0.39, 0.29) is 18.3 Å². The van der Waals surface area contributed by atoms with Crippen LogP contribution >= 0.6 is 11.6 Å². The second-order valence-corrected chi connectivity index (χ2v) is 5.10. The minimum atomic E-state index is -0.0445. The maximum atomic E-state index is 11.2. The molecule has 1 aromatic heterocycles. The second-order valence-electron chi connectivity index (χ2n) is 4.69. The van der Waals surface area contributed by atoms with Gasteiger partial charge in [0.1, 0.15) is 5.75 Å². The molecule has 0 N–H and O–H groups in total. The Morgan fingerprint density at radius 3 is 2.75 bits per heavy atom. The number of carbonyl (C=O) groups is 1. The first-order valence-corrected chi connectivity index (χ1v) is 6.61. The molecule has 20 heavy (non-hydrogen) atoms. The van der Waals surface area contributed by atoms with E-state index in [1.165, 1.54) is 6.92 Å². The molecule has 0 aliphatic carbocycles. The monoisotopic (exact) mass is 294 g/mol. The van der Waals surface area contributed by atoms with Gasteiger partial charge in [-0.05, 0) is 25.1 Å². The van der Waals surface area contributed by atoms with Gasteiger partial charge in [0.15, 0.2) is 18.2 Å². The van der Waals surface area contributed by atoms with Crippen LogP contribution in [0.25, 0.3) is 0 Å². The molecular formula is C14H15ClN2O3. The van der Waals surface area contributed by atoms with E-state index in [4.69, 9.17) is 20.9 Å². The van der Waals surface area contributed by atoms with E-state index in [0.717, 1.165) is 0 Å². The molecule has 1 heterocycles. The number of halogens is 1. The predicted octanol–water partition coefficient (Wildman–Crippen LogP) is 3.63. The van der Waals surface area contributed by atoms with Gasteiger partial charge in [0, 0.05) is 11.5 Å². The topological polar surface area (TPSA) is 65.2 Å². The second kappa shape index (κ2) is 6.05. The highest BCUT2D eigenvalue weighted by Crippen LogP contribution is 2.26. The van der Waals surface area contributed by atoms with Crippen molar-refractivity contribution in [2.75, 3.05) is 0 Å². The Labute approximate surface area is 121 Å². The molecular weight excluding hydrogens is 280 g/mol. The van der Waals surface area contributed by atoms with Crippen LogP contribution in [-0.2, 0) is 6.61 Å². The van der Waals surface area contributed by atoms with Gasteiger partial charge in [0.25, 0.3) is 5.89 Å². The van der Waals surface area contributed by atoms with E-state index in [2.05, 4.69) is 10.1 Å². The Kier molecular flexibility index (Phi) is 4.39. The van der Waals surface area contributed by atoms with Gasteiger partial charge >= 0.3 is 0 Å². The highest BCUT2D eigenvalue weighted by atomic mass is 35.5. The van der Waals surface area contributed by atoms with Crippen molar-refractivity contribution in [2.45, 2.75) is 33.3 Å². The average Bonchev–Trinajstić information content (AvgIpc) is 2.86. The van der Waals surface area contributed by atoms with Crippen molar-refractivity contribution in [3.05, 3.63) is 40.5 Å². The lowest BCUT2D eigenvalue weighted by Gasteiger charge is -2.06. The smallest absolute Gasteiger partial charge is 0.264 e. The summed E-state index contributed by atoms with van der Waals surface area (Å²) in [5, 5.41) is 4.22. The van der Waals surface area contributed by atoms with E-state index >= 15 is 0 Å². The van der Waals surface area contributed by atoms with Crippen LogP contribution in [0.1, 0.15) is 48.8 Å². The lowest BCUT2D eigenvalue weighted by atomic mass is 10.1. The molecule has 0 spiro atoms. The molecule has 0 unspecified atom stereocenters. The summed E-state index contributed by atoms with van der Waals surface area (Å²) in [7, 11) is 0. The molecule has 6 heteroatoms. The minimum Gasteiger partial charge on any atom is -0.482 e. The number of benzene rings is 1. The summed E-state index contributed by atoms with van der Waals surface area (Å²) in [5.41, 5.74) is 0.544. The van der Waals surface area contributed by atoms with Crippen molar-refractivity contribution in [1.82, 2.24) is 10.1 Å². The largest absolute Gasteiger partial charge is 0.482 e. The van der Waals surface area contributed by atoms with Crippen LogP contribution in [0.4, 0.5) is 0 Å². The summed E-state index contributed by atoms with van der Waals surface area (Å²) in [4.78, 5) is 15.4. The van der Waals surface area contributed by atoms with Crippen molar-refractivity contribution in [2.24, 2.45) is 0 Å². The van der Waals surface area contributed by atoms with Crippen molar-refractivity contribution in [3.63, 3.8) is 0 Å². The number of ether oxygens (including phenoxy) is 1. The zero-order valence-electron chi connectivity index (χ0n) is 11.5. The van der Waals surface area contributed by atoms with Crippen LogP contribution in [0.5, 0.6) is 5.75 Å². The number of carbonyl (C=O) groups excluding carboxylic acids is 1. The van der Waals surface area contributed by atoms with Gasteiger partial charge in [-0.25, -0.2) is 0 Å². The molecule has 2 aromatic rings. The first-order chi connectivity index (χ1) is 9.47. The van der Waals surface area contributed by atoms with Gasteiger partial charge in [-0.2, -0.15) is 4.98 Å². The summed E-state index contributed by atoms with van der Waals surface area (Å²) in [5.74, 6) is 1.66. The molecule has 0 amide bonds. The molecule has 5 nitrogen and oxygen atoms in total. The van der Waals surface area contributed by atoms with E-state index in [1.807, 2.05) is 13.8 Å². The summed E-state index contributed by atoms with van der Waals surface area (Å²) in [6, 6.07) is 4.89. The molecule has 0 saturated carbocycles. The van der Waals surface area contributed by atoms with Gasteiger partial charge in [0.2, 0.25) is 0 Å². The predicted molar refractivity (Wildman–Crippen MR) is 74.2 cm³/mol. The lowest BCUT2D eigenvalue weighted by molar-refractivity contribution is 0.101. The Bertz CT molecular complexity index is 623. The molecule has 0 radical (unpaired) electrons. The maximum absolute atomic E-state index is 11.2. The quantitative estimate of drug-likeness (QED) is 0.788. The number of nitrogens with zero attached hydrogens (tertiary/aromatic N) is 2. The zero-order valence-corrected chi connectivity index (χ0v) is 12.3. The van der Waals surface area contributed by atoms with E-state index < -0.39 is 0 Å². The van der Waals surface area contributed by atoms with Crippen LogP contribution in [0.3, 0.4) is 0 Å². The Hall–Kier alpha value is -1.88. The van der Waals surface area contributed by atoms with Crippen LogP contribution in [0.15, 0.2) is 22.7 Å². The van der Waals surface area contributed by atoms with Crippen LogP contribution in [0.2, 0.25) is 5.02 Å². The molecule has 0 atom stereocenters. The van der Waals surface area contributed by atoms with Crippen LogP contribution in [0, 0.1) is 0 Å². The van der Waals surface area contributed by atoms with Gasteiger partial charge < -0.3 is 9.26 Å². The normalized spacial score (nSPS) is 10.8. The van der Waals surface area contributed by atoms with E-state index in [0.29, 0.717) is 28.1 Å². The third kappa shape index (κ3) is 3.36. The zero-order chi connectivity index (χ0) is 14.7. The molecule has 106 valence electrons. The van der Waals surface area contributed by atoms with Crippen LogP contribution in [-0.4, -0.2) is 15.9 Å². The van der Waals surface area contributed by atoms with Gasteiger partial charge in [-0.15, -0.1) is 0 Å². The Morgan fingerprint density at radius 1 is 1.45 bits per heavy atom. The highest BCUT2D eigenvalue weighted by molar-refractivity contribution is 6.32. The number of aromatic nitrogens is 2. The summed E-state index contributed by atoms with van der Waals surface area (Å²) < 4.78 is 10.6. The molecule has 2 rings (SSSR count).